The Labute approximate surface area is 233 Å². The summed E-state index contributed by atoms with van der Waals surface area (Å²) in [7, 11) is 0. The minimum absolute atomic E-state index is 0.0449. The van der Waals surface area contributed by atoms with Gasteiger partial charge in [0.15, 0.2) is 0 Å². The van der Waals surface area contributed by atoms with Crippen LogP contribution in [-0.2, 0) is 9.53 Å². The lowest BCUT2D eigenvalue weighted by atomic mass is 9.99. The van der Waals surface area contributed by atoms with E-state index in [1.165, 1.54) is 11.1 Å². The zero-order chi connectivity index (χ0) is 28.6. The summed E-state index contributed by atoms with van der Waals surface area (Å²) in [5.41, 5.74) is 2.23. The van der Waals surface area contributed by atoms with E-state index in [-0.39, 0.29) is 11.7 Å². The maximum atomic E-state index is 13.0. The van der Waals surface area contributed by atoms with Crippen LogP contribution in [-0.4, -0.2) is 37.2 Å². The molecule has 0 unspecified atom stereocenters. The Balaban J connectivity index is 1.80. The number of ether oxygens (including phenoxy) is 1. The van der Waals surface area contributed by atoms with Gasteiger partial charge in [0.25, 0.3) is 5.91 Å². The lowest BCUT2D eigenvalue weighted by Crippen LogP contribution is -2.45. The highest BCUT2D eigenvalue weighted by Gasteiger charge is 2.24. The maximum Gasteiger partial charge on any atom is 0.262 e. The first-order chi connectivity index (χ1) is 18.6. The second kappa shape index (κ2) is 13.5. The number of nitriles is 1. The highest BCUT2D eigenvalue weighted by molar-refractivity contribution is 6.04. The zero-order valence-corrected chi connectivity index (χ0v) is 24.6. The third kappa shape index (κ3) is 7.97. The fraction of sp³-hybridized carbons (Fsp3) is 0.455. The van der Waals surface area contributed by atoms with Crippen molar-refractivity contribution < 1.29 is 13.9 Å². The van der Waals surface area contributed by atoms with Crippen LogP contribution in [0.15, 0.2) is 58.5 Å². The smallest absolute Gasteiger partial charge is 0.262 e. The molecule has 0 radical (unpaired) electrons. The first kappa shape index (κ1) is 30.0. The second-order valence-electron chi connectivity index (χ2n) is 11.0. The highest BCUT2D eigenvalue weighted by Crippen LogP contribution is 2.31. The number of nitrogens with zero attached hydrogens (tertiary/aromatic N) is 2. The zero-order valence-electron chi connectivity index (χ0n) is 24.6. The molecule has 3 rings (SSSR count). The predicted molar refractivity (Wildman–Crippen MR) is 161 cm³/mol. The quantitative estimate of drug-likeness (QED) is 0.181. The molecule has 1 N–H and O–H groups in total. The molecule has 6 nitrogen and oxygen atoms in total. The van der Waals surface area contributed by atoms with Crippen LogP contribution in [0.2, 0.25) is 0 Å². The Morgan fingerprint density at radius 1 is 1.05 bits per heavy atom. The van der Waals surface area contributed by atoms with Crippen molar-refractivity contribution in [3.8, 4) is 17.4 Å². The lowest BCUT2D eigenvalue weighted by Gasteiger charge is -2.26. The topological polar surface area (TPSA) is 78.5 Å². The average Bonchev–Trinajstić information content (AvgIpc) is 3.38. The summed E-state index contributed by atoms with van der Waals surface area (Å²) in [6.45, 7) is 16.6. The van der Waals surface area contributed by atoms with E-state index < -0.39 is 11.4 Å². The van der Waals surface area contributed by atoms with E-state index in [0.29, 0.717) is 30.1 Å². The summed E-state index contributed by atoms with van der Waals surface area (Å²) in [6, 6.07) is 18.7. The van der Waals surface area contributed by atoms with Crippen molar-refractivity contribution in [1.29, 1.82) is 5.26 Å². The minimum atomic E-state index is -0.516. The summed E-state index contributed by atoms with van der Waals surface area (Å²) in [6.07, 6.45) is 3.00. The summed E-state index contributed by atoms with van der Waals surface area (Å²) >= 11 is 0. The third-order valence-electron chi connectivity index (χ3n) is 6.78. The second-order valence-corrected chi connectivity index (χ2v) is 11.0. The van der Waals surface area contributed by atoms with Crippen LogP contribution in [0, 0.1) is 11.3 Å². The number of fused-ring (bicyclic) bond motifs is 1. The van der Waals surface area contributed by atoms with Gasteiger partial charge in [0, 0.05) is 42.1 Å². The molecule has 0 fully saturated rings. The molecule has 0 aliphatic rings. The molecule has 0 atom stereocenters. The number of furan rings is 1. The Hall–Kier alpha value is -3.56. The number of carbonyl (C=O) groups excluding carboxylic acids is 1. The van der Waals surface area contributed by atoms with Gasteiger partial charge in [-0.15, -0.1) is 0 Å². The van der Waals surface area contributed by atoms with E-state index in [1.54, 1.807) is 6.92 Å². The fourth-order valence-corrected chi connectivity index (χ4v) is 4.60. The largest absolute Gasteiger partial charge is 0.456 e. The van der Waals surface area contributed by atoms with Crippen molar-refractivity contribution >= 4 is 27.9 Å². The van der Waals surface area contributed by atoms with Crippen molar-refractivity contribution in [3.05, 3.63) is 59.9 Å². The molecule has 3 aromatic rings. The number of carbonyl (C=O) groups is 1. The molecule has 6 heteroatoms. The average molecular weight is 530 g/mol. The van der Waals surface area contributed by atoms with Crippen LogP contribution in [0.3, 0.4) is 0 Å². The van der Waals surface area contributed by atoms with E-state index in [4.69, 9.17) is 9.15 Å². The van der Waals surface area contributed by atoms with Gasteiger partial charge < -0.3 is 19.4 Å². The van der Waals surface area contributed by atoms with Crippen LogP contribution >= 0.6 is 0 Å². The number of amides is 1. The molecule has 0 saturated carbocycles. The number of hydrogen-bond acceptors (Lipinski definition) is 5. The van der Waals surface area contributed by atoms with Gasteiger partial charge in [-0.1, -0.05) is 32.0 Å². The molecule has 0 saturated heterocycles. The first-order valence-electron chi connectivity index (χ1n) is 14.0. The standard InChI is InChI=1S/C33H43N3O3/c1-8-17-36(18-9-2)28-13-12-25-20-27(11-10-26(25)21-28)31-15-14-30(39-31)24(5)29(22-34)32(37)35-33(6,7)16-19-38-23(3)4/h10-15,20-21,23H,8-9,16-19H2,1-7H3,(H,35,37)/b29-24+. The number of hydrogen-bond donors (Lipinski definition) is 1. The van der Waals surface area contributed by atoms with Gasteiger partial charge in [-0.05, 0) is 95.0 Å². The molecule has 39 heavy (non-hydrogen) atoms. The van der Waals surface area contributed by atoms with Crippen molar-refractivity contribution in [1.82, 2.24) is 5.32 Å². The van der Waals surface area contributed by atoms with Crippen molar-refractivity contribution in [2.75, 3.05) is 24.6 Å². The Kier molecular flexibility index (Phi) is 10.4. The van der Waals surface area contributed by atoms with E-state index in [0.717, 1.165) is 36.9 Å². The van der Waals surface area contributed by atoms with Crippen LogP contribution in [0.1, 0.15) is 73.5 Å². The number of anilines is 1. The van der Waals surface area contributed by atoms with Gasteiger partial charge in [-0.2, -0.15) is 5.26 Å². The molecule has 1 aromatic heterocycles. The van der Waals surface area contributed by atoms with Gasteiger partial charge in [0.05, 0.1) is 6.10 Å². The molecular weight excluding hydrogens is 486 g/mol. The van der Waals surface area contributed by atoms with Crippen molar-refractivity contribution in [3.63, 3.8) is 0 Å². The van der Waals surface area contributed by atoms with Crippen molar-refractivity contribution in [2.45, 2.75) is 79.4 Å². The molecule has 208 valence electrons. The van der Waals surface area contributed by atoms with Crippen LogP contribution in [0.4, 0.5) is 5.69 Å². The number of nitrogens with one attached hydrogen (secondary N) is 1. The fourth-order valence-electron chi connectivity index (χ4n) is 4.60. The summed E-state index contributed by atoms with van der Waals surface area (Å²) in [5.74, 6) is 0.782. The predicted octanol–water partition coefficient (Wildman–Crippen LogP) is 7.73. The molecule has 0 aliphatic heterocycles. The van der Waals surface area contributed by atoms with E-state index in [2.05, 4.69) is 66.5 Å². The minimum Gasteiger partial charge on any atom is -0.456 e. The molecule has 1 heterocycles. The van der Waals surface area contributed by atoms with Gasteiger partial charge >= 0.3 is 0 Å². The Bertz CT molecular complexity index is 1340. The van der Waals surface area contributed by atoms with Gasteiger partial charge in [0.2, 0.25) is 0 Å². The van der Waals surface area contributed by atoms with E-state index in [9.17, 15) is 10.1 Å². The van der Waals surface area contributed by atoms with Crippen LogP contribution in [0.25, 0.3) is 27.7 Å². The number of benzene rings is 2. The van der Waals surface area contributed by atoms with E-state index >= 15 is 0 Å². The molecule has 0 bridgehead atoms. The van der Waals surface area contributed by atoms with Gasteiger partial charge in [0.1, 0.15) is 23.2 Å². The van der Waals surface area contributed by atoms with E-state index in [1.807, 2.05) is 39.8 Å². The molecular formula is C33H43N3O3. The Morgan fingerprint density at radius 3 is 2.36 bits per heavy atom. The Morgan fingerprint density at radius 2 is 1.72 bits per heavy atom. The molecule has 1 amide bonds. The molecule has 0 aliphatic carbocycles. The SMILES string of the molecule is CCCN(CCC)c1ccc2cc(-c3ccc(/C(C)=C(\C#N)C(=O)NC(C)(C)CCOC(C)C)o3)ccc2c1. The monoisotopic (exact) mass is 529 g/mol. The lowest BCUT2D eigenvalue weighted by molar-refractivity contribution is -0.118. The van der Waals surface area contributed by atoms with Gasteiger partial charge in [-0.3, -0.25) is 4.79 Å². The van der Waals surface area contributed by atoms with Gasteiger partial charge in [-0.25, -0.2) is 0 Å². The highest BCUT2D eigenvalue weighted by atomic mass is 16.5. The molecule has 0 spiro atoms. The summed E-state index contributed by atoms with van der Waals surface area (Å²) < 4.78 is 11.8. The summed E-state index contributed by atoms with van der Waals surface area (Å²) in [4.78, 5) is 15.4. The normalized spacial score (nSPS) is 12.4. The summed E-state index contributed by atoms with van der Waals surface area (Å²) in [5, 5.41) is 15.1. The van der Waals surface area contributed by atoms with Crippen molar-refractivity contribution in [2.24, 2.45) is 0 Å². The first-order valence-corrected chi connectivity index (χ1v) is 14.0. The number of allylic oxidation sites excluding steroid dienone is 1. The third-order valence-corrected chi connectivity index (χ3v) is 6.78. The van der Waals surface area contributed by atoms with Crippen LogP contribution < -0.4 is 10.2 Å². The van der Waals surface area contributed by atoms with Crippen LogP contribution in [0.5, 0.6) is 0 Å². The molecule has 2 aromatic carbocycles. The number of rotatable bonds is 13. The maximum absolute atomic E-state index is 13.0.